The van der Waals surface area contributed by atoms with Gasteiger partial charge in [0.15, 0.2) is 0 Å². The number of carbonyl (C=O) groups is 1. The van der Waals surface area contributed by atoms with Crippen molar-refractivity contribution in [2.75, 3.05) is 0 Å². The van der Waals surface area contributed by atoms with Gasteiger partial charge in [0, 0.05) is 12.0 Å². The van der Waals surface area contributed by atoms with Crippen molar-refractivity contribution in [2.45, 2.75) is 110 Å². The Kier molecular flexibility index (Phi) is 11.9. The SMILES string of the molecule is CCCCCCCCCCCCCC(=O)NC(C)(C)C. The normalized spacial score (nSPS) is 11.6. The molecule has 1 N–H and O–H groups in total. The van der Waals surface area contributed by atoms with Gasteiger partial charge in [-0.15, -0.1) is 0 Å². The molecule has 0 bridgehead atoms. The molecule has 2 nitrogen and oxygen atoms in total. The van der Waals surface area contributed by atoms with Crippen molar-refractivity contribution in [1.29, 1.82) is 0 Å². The highest BCUT2D eigenvalue weighted by atomic mass is 16.1. The van der Waals surface area contributed by atoms with Crippen LogP contribution in [0, 0.1) is 0 Å². The molecule has 0 aliphatic carbocycles. The summed E-state index contributed by atoms with van der Waals surface area (Å²) in [6.07, 6.45) is 15.3. The second-order valence-corrected chi connectivity index (χ2v) is 7.08. The molecule has 0 atom stereocenters. The summed E-state index contributed by atoms with van der Waals surface area (Å²) in [6, 6.07) is 0. The number of nitrogens with one attached hydrogen (secondary N) is 1. The fourth-order valence-electron chi connectivity index (χ4n) is 2.43. The molecule has 0 aliphatic rings. The maximum atomic E-state index is 11.6. The smallest absolute Gasteiger partial charge is 0.220 e. The maximum absolute atomic E-state index is 11.6. The lowest BCUT2D eigenvalue weighted by atomic mass is 10.0. The van der Waals surface area contributed by atoms with Crippen molar-refractivity contribution in [1.82, 2.24) is 5.32 Å². The Morgan fingerprint density at radius 3 is 1.55 bits per heavy atom. The van der Waals surface area contributed by atoms with Gasteiger partial charge in [-0.1, -0.05) is 71.1 Å². The molecule has 0 spiro atoms. The number of hydrogen-bond donors (Lipinski definition) is 1. The molecule has 1 amide bonds. The molecule has 0 aliphatic heterocycles. The van der Waals surface area contributed by atoms with E-state index in [1.54, 1.807) is 0 Å². The molecular formula is C18H37NO. The zero-order valence-corrected chi connectivity index (χ0v) is 14.4. The van der Waals surface area contributed by atoms with Crippen LogP contribution in [0.1, 0.15) is 105 Å². The first kappa shape index (κ1) is 19.5. The second kappa shape index (κ2) is 12.2. The minimum Gasteiger partial charge on any atom is -0.352 e. The van der Waals surface area contributed by atoms with Crippen LogP contribution in [-0.2, 0) is 4.79 Å². The Balaban J connectivity index is 3.19. The Morgan fingerprint density at radius 1 is 0.750 bits per heavy atom. The van der Waals surface area contributed by atoms with Crippen molar-refractivity contribution >= 4 is 5.91 Å². The molecule has 0 saturated heterocycles. The first-order valence-corrected chi connectivity index (χ1v) is 8.76. The highest BCUT2D eigenvalue weighted by Crippen LogP contribution is 2.12. The van der Waals surface area contributed by atoms with Crippen LogP contribution in [0.3, 0.4) is 0 Å². The van der Waals surface area contributed by atoms with Gasteiger partial charge in [-0.25, -0.2) is 0 Å². The zero-order valence-electron chi connectivity index (χ0n) is 14.4. The molecule has 0 aromatic heterocycles. The van der Waals surface area contributed by atoms with Crippen LogP contribution < -0.4 is 5.32 Å². The summed E-state index contributed by atoms with van der Waals surface area (Å²) in [6.45, 7) is 8.37. The topological polar surface area (TPSA) is 29.1 Å². The molecule has 0 fully saturated rings. The summed E-state index contributed by atoms with van der Waals surface area (Å²) in [5, 5.41) is 3.02. The monoisotopic (exact) mass is 283 g/mol. The van der Waals surface area contributed by atoms with Gasteiger partial charge in [0.2, 0.25) is 5.91 Å². The van der Waals surface area contributed by atoms with Crippen molar-refractivity contribution in [3.8, 4) is 0 Å². The lowest BCUT2D eigenvalue weighted by Crippen LogP contribution is -2.40. The fraction of sp³-hybridized carbons (Fsp3) is 0.944. The van der Waals surface area contributed by atoms with Gasteiger partial charge in [0.1, 0.15) is 0 Å². The van der Waals surface area contributed by atoms with Crippen LogP contribution in [-0.4, -0.2) is 11.4 Å². The molecule has 20 heavy (non-hydrogen) atoms. The summed E-state index contributed by atoms with van der Waals surface area (Å²) in [5.74, 6) is 0.202. The van der Waals surface area contributed by atoms with E-state index in [0.717, 1.165) is 6.42 Å². The van der Waals surface area contributed by atoms with E-state index in [0.29, 0.717) is 6.42 Å². The molecule has 2 heteroatoms. The fourth-order valence-corrected chi connectivity index (χ4v) is 2.43. The van der Waals surface area contributed by atoms with Crippen molar-refractivity contribution < 1.29 is 4.79 Å². The van der Waals surface area contributed by atoms with E-state index in [9.17, 15) is 4.79 Å². The highest BCUT2D eigenvalue weighted by molar-refractivity contribution is 5.76. The number of amides is 1. The highest BCUT2D eigenvalue weighted by Gasteiger charge is 2.12. The van der Waals surface area contributed by atoms with E-state index < -0.39 is 0 Å². The van der Waals surface area contributed by atoms with E-state index in [4.69, 9.17) is 0 Å². The average Bonchev–Trinajstić information content (AvgIpc) is 2.34. The van der Waals surface area contributed by atoms with Crippen LogP contribution in [0.5, 0.6) is 0 Å². The van der Waals surface area contributed by atoms with E-state index >= 15 is 0 Å². The maximum Gasteiger partial charge on any atom is 0.220 e. The largest absolute Gasteiger partial charge is 0.352 e. The van der Waals surface area contributed by atoms with Gasteiger partial charge in [0.25, 0.3) is 0 Å². The van der Waals surface area contributed by atoms with Gasteiger partial charge < -0.3 is 5.32 Å². The van der Waals surface area contributed by atoms with E-state index in [-0.39, 0.29) is 11.4 Å². The standard InChI is InChI=1S/C18H37NO/c1-5-6-7-8-9-10-11-12-13-14-15-16-17(20)19-18(2,3)4/h5-16H2,1-4H3,(H,19,20). The third kappa shape index (κ3) is 15.5. The zero-order chi connectivity index (χ0) is 15.3. The lowest BCUT2D eigenvalue weighted by molar-refractivity contribution is -0.122. The lowest BCUT2D eigenvalue weighted by Gasteiger charge is -2.20. The Morgan fingerprint density at radius 2 is 1.15 bits per heavy atom. The number of carbonyl (C=O) groups excluding carboxylic acids is 1. The third-order valence-electron chi connectivity index (χ3n) is 3.52. The molecule has 0 saturated carbocycles. The number of hydrogen-bond acceptors (Lipinski definition) is 1. The molecule has 0 aromatic carbocycles. The Labute approximate surface area is 127 Å². The molecule has 120 valence electrons. The van der Waals surface area contributed by atoms with Crippen molar-refractivity contribution in [3.05, 3.63) is 0 Å². The van der Waals surface area contributed by atoms with E-state index in [2.05, 4.69) is 12.2 Å². The summed E-state index contributed by atoms with van der Waals surface area (Å²) >= 11 is 0. The van der Waals surface area contributed by atoms with Crippen LogP contribution in [0.2, 0.25) is 0 Å². The summed E-state index contributed by atoms with van der Waals surface area (Å²) in [7, 11) is 0. The average molecular weight is 284 g/mol. The van der Waals surface area contributed by atoms with Crippen molar-refractivity contribution in [2.24, 2.45) is 0 Å². The van der Waals surface area contributed by atoms with E-state index in [1.165, 1.54) is 64.2 Å². The Hall–Kier alpha value is -0.530. The predicted octanol–water partition coefficient (Wildman–Crippen LogP) is 5.60. The third-order valence-corrected chi connectivity index (χ3v) is 3.52. The molecule has 0 aromatic rings. The minimum atomic E-state index is -0.0884. The van der Waals surface area contributed by atoms with Gasteiger partial charge in [0.05, 0.1) is 0 Å². The molecule has 0 heterocycles. The van der Waals surface area contributed by atoms with Crippen LogP contribution in [0.25, 0.3) is 0 Å². The summed E-state index contributed by atoms with van der Waals surface area (Å²) in [5.41, 5.74) is -0.0884. The predicted molar refractivity (Wildman–Crippen MR) is 89.0 cm³/mol. The van der Waals surface area contributed by atoms with Crippen LogP contribution in [0.4, 0.5) is 0 Å². The van der Waals surface area contributed by atoms with Gasteiger partial charge >= 0.3 is 0 Å². The van der Waals surface area contributed by atoms with Gasteiger partial charge in [-0.3, -0.25) is 4.79 Å². The van der Waals surface area contributed by atoms with E-state index in [1.807, 2.05) is 20.8 Å². The molecular weight excluding hydrogens is 246 g/mol. The first-order chi connectivity index (χ1) is 9.45. The van der Waals surface area contributed by atoms with Crippen molar-refractivity contribution in [3.63, 3.8) is 0 Å². The molecule has 0 radical (unpaired) electrons. The number of unbranched alkanes of at least 4 members (excludes halogenated alkanes) is 10. The summed E-state index contributed by atoms with van der Waals surface area (Å²) < 4.78 is 0. The number of rotatable bonds is 12. The van der Waals surface area contributed by atoms with Gasteiger partial charge in [-0.05, 0) is 27.2 Å². The van der Waals surface area contributed by atoms with Crippen LogP contribution >= 0.6 is 0 Å². The quantitative estimate of drug-likeness (QED) is 0.464. The van der Waals surface area contributed by atoms with Crippen LogP contribution in [0.15, 0.2) is 0 Å². The summed E-state index contributed by atoms with van der Waals surface area (Å²) in [4.78, 5) is 11.6. The molecule has 0 unspecified atom stereocenters. The Bertz CT molecular complexity index is 230. The first-order valence-electron chi connectivity index (χ1n) is 8.76. The second-order valence-electron chi connectivity index (χ2n) is 7.08. The van der Waals surface area contributed by atoms with Gasteiger partial charge in [-0.2, -0.15) is 0 Å². The minimum absolute atomic E-state index is 0.0884. The molecule has 0 rings (SSSR count).